The quantitative estimate of drug-likeness (QED) is 0.490. The van der Waals surface area contributed by atoms with Gasteiger partial charge in [-0.25, -0.2) is 4.98 Å². The first-order valence-corrected chi connectivity index (χ1v) is 13.9. The minimum atomic E-state index is -0.134. The molecule has 0 unspecified atom stereocenters. The number of piperazine rings is 1. The molecule has 3 heterocycles. The van der Waals surface area contributed by atoms with Crippen LogP contribution < -0.4 is 10.2 Å². The second-order valence-corrected chi connectivity index (χ2v) is 10.9. The Morgan fingerprint density at radius 3 is 2.39 bits per heavy atom. The molecule has 7 heteroatoms. The number of fused-ring (bicyclic) bond motifs is 1. The van der Waals surface area contributed by atoms with E-state index in [-0.39, 0.29) is 24.7 Å². The fraction of sp³-hybridized carbons (Fsp3) is 0.452. The van der Waals surface area contributed by atoms with E-state index in [0.29, 0.717) is 13.1 Å². The first kappa shape index (κ1) is 26.2. The van der Waals surface area contributed by atoms with Gasteiger partial charge in [0.05, 0.1) is 5.52 Å². The van der Waals surface area contributed by atoms with Crippen LogP contribution in [0.2, 0.25) is 0 Å². The number of nitrogens with one attached hydrogen (secondary N) is 1. The van der Waals surface area contributed by atoms with Gasteiger partial charge in [-0.1, -0.05) is 37.3 Å². The van der Waals surface area contributed by atoms with E-state index >= 15 is 0 Å². The first-order chi connectivity index (χ1) is 18.4. The Hall–Kier alpha value is -3.45. The van der Waals surface area contributed by atoms with Gasteiger partial charge in [-0.05, 0) is 61.1 Å². The molecule has 0 aliphatic carbocycles. The van der Waals surface area contributed by atoms with Crippen molar-refractivity contribution in [2.75, 3.05) is 49.5 Å². The molecule has 2 aromatic carbocycles. The summed E-state index contributed by atoms with van der Waals surface area (Å²) in [7, 11) is 0. The van der Waals surface area contributed by atoms with Gasteiger partial charge in [0.15, 0.2) is 0 Å². The molecule has 2 amide bonds. The van der Waals surface area contributed by atoms with Gasteiger partial charge in [-0.15, -0.1) is 0 Å². The summed E-state index contributed by atoms with van der Waals surface area (Å²) in [5.41, 5.74) is 4.13. The second-order valence-electron chi connectivity index (χ2n) is 10.9. The molecule has 2 saturated heterocycles. The summed E-state index contributed by atoms with van der Waals surface area (Å²) in [6.45, 7) is 10.6. The molecule has 38 heavy (non-hydrogen) atoms. The van der Waals surface area contributed by atoms with Crippen LogP contribution in [0.15, 0.2) is 54.6 Å². The molecule has 0 spiro atoms. The highest BCUT2D eigenvalue weighted by molar-refractivity contribution is 5.96. The van der Waals surface area contributed by atoms with Gasteiger partial charge in [0, 0.05) is 69.7 Å². The summed E-state index contributed by atoms with van der Waals surface area (Å²) in [5.74, 6) is 1.74. The standard InChI is InChI=1S/C31H39N5O2/c1-23-12-14-35(15-13-23)29-20-24(2)27-21-26(8-9-28(27)33-29)32-30(37)10-11-31(38)36-18-16-34(17-19-36)22-25-6-4-3-5-7-25/h3-9,20-21,23H,10-19,22H2,1-2H3,(H,32,37). The summed E-state index contributed by atoms with van der Waals surface area (Å²) < 4.78 is 0. The number of pyridine rings is 1. The molecule has 0 saturated carbocycles. The number of carbonyl (C=O) groups excluding carboxylic acids is 2. The Bertz CT molecular complexity index is 1260. The maximum absolute atomic E-state index is 12.7. The number of rotatable bonds is 7. The first-order valence-electron chi connectivity index (χ1n) is 13.9. The number of aryl methyl sites for hydroxylation is 1. The minimum absolute atomic E-state index is 0.0534. The van der Waals surface area contributed by atoms with Crippen molar-refractivity contribution < 1.29 is 9.59 Å². The lowest BCUT2D eigenvalue weighted by Gasteiger charge is -2.34. The largest absolute Gasteiger partial charge is 0.357 e. The second kappa shape index (κ2) is 11.9. The van der Waals surface area contributed by atoms with E-state index in [4.69, 9.17) is 4.98 Å². The third-order valence-corrected chi connectivity index (χ3v) is 7.93. The highest BCUT2D eigenvalue weighted by Crippen LogP contribution is 2.28. The molecule has 5 rings (SSSR count). The predicted molar refractivity (Wildman–Crippen MR) is 153 cm³/mol. The van der Waals surface area contributed by atoms with Crippen molar-refractivity contribution in [1.29, 1.82) is 0 Å². The van der Waals surface area contributed by atoms with Crippen LogP contribution in [0.5, 0.6) is 0 Å². The van der Waals surface area contributed by atoms with E-state index in [9.17, 15) is 9.59 Å². The average molecular weight is 514 g/mol. The monoisotopic (exact) mass is 513 g/mol. The Morgan fingerprint density at radius 2 is 1.66 bits per heavy atom. The topological polar surface area (TPSA) is 68.8 Å². The summed E-state index contributed by atoms with van der Waals surface area (Å²) >= 11 is 0. The number of hydrogen-bond donors (Lipinski definition) is 1. The molecular weight excluding hydrogens is 474 g/mol. The average Bonchev–Trinajstić information content (AvgIpc) is 2.93. The predicted octanol–water partition coefficient (Wildman–Crippen LogP) is 4.84. The summed E-state index contributed by atoms with van der Waals surface area (Å²) in [5, 5.41) is 4.02. The fourth-order valence-corrected chi connectivity index (χ4v) is 5.45. The van der Waals surface area contributed by atoms with Gasteiger partial charge in [-0.2, -0.15) is 0 Å². The van der Waals surface area contributed by atoms with Crippen molar-refractivity contribution in [3.05, 3.63) is 65.7 Å². The smallest absolute Gasteiger partial charge is 0.224 e. The van der Waals surface area contributed by atoms with Gasteiger partial charge >= 0.3 is 0 Å². The van der Waals surface area contributed by atoms with E-state index in [1.165, 1.54) is 18.4 Å². The van der Waals surface area contributed by atoms with Gasteiger partial charge < -0.3 is 15.1 Å². The highest BCUT2D eigenvalue weighted by Gasteiger charge is 2.22. The summed E-state index contributed by atoms with van der Waals surface area (Å²) in [6.07, 6.45) is 2.83. The van der Waals surface area contributed by atoms with Gasteiger partial charge in [0.1, 0.15) is 5.82 Å². The number of anilines is 2. The van der Waals surface area contributed by atoms with Gasteiger partial charge in [-0.3, -0.25) is 14.5 Å². The van der Waals surface area contributed by atoms with E-state index in [0.717, 1.165) is 66.6 Å². The lowest BCUT2D eigenvalue weighted by molar-refractivity contribution is -0.134. The molecule has 1 aromatic heterocycles. The third-order valence-electron chi connectivity index (χ3n) is 7.93. The van der Waals surface area contributed by atoms with Crippen molar-refractivity contribution in [1.82, 2.24) is 14.8 Å². The van der Waals surface area contributed by atoms with Crippen molar-refractivity contribution in [3.8, 4) is 0 Å². The van der Waals surface area contributed by atoms with Gasteiger partial charge in [0.2, 0.25) is 11.8 Å². The molecule has 2 aliphatic rings. The molecule has 2 aliphatic heterocycles. The third kappa shape index (κ3) is 6.51. The van der Waals surface area contributed by atoms with Crippen molar-refractivity contribution in [2.45, 2.75) is 46.1 Å². The van der Waals surface area contributed by atoms with E-state index in [1.54, 1.807) is 0 Å². The number of benzene rings is 2. The van der Waals surface area contributed by atoms with Crippen LogP contribution in [-0.4, -0.2) is 65.9 Å². The number of aromatic nitrogens is 1. The Morgan fingerprint density at radius 1 is 0.921 bits per heavy atom. The molecule has 2 fully saturated rings. The normalized spacial score (nSPS) is 17.1. The summed E-state index contributed by atoms with van der Waals surface area (Å²) in [4.78, 5) is 36.9. The summed E-state index contributed by atoms with van der Waals surface area (Å²) in [6, 6.07) is 18.4. The zero-order chi connectivity index (χ0) is 26.5. The minimum Gasteiger partial charge on any atom is -0.357 e. The molecule has 7 nitrogen and oxygen atoms in total. The van der Waals surface area contributed by atoms with Crippen LogP contribution in [0.4, 0.5) is 11.5 Å². The molecule has 3 aromatic rings. The van der Waals surface area contributed by atoms with E-state index < -0.39 is 0 Å². The SMILES string of the molecule is Cc1cc(N2CCC(C)CC2)nc2ccc(NC(=O)CCC(=O)N3CCN(Cc4ccccc4)CC3)cc12. The van der Waals surface area contributed by atoms with Crippen LogP contribution in [-0.2, 0) is 16.1 Å². The molecule has 200 valence electrons. The Balaban J connectivity index is 1.10. The van der Waals surface area contributed by atoms with Crippen LogP contribution >= 0.6 is 0 Å². The number of hydrogen-bond acceptors (Lipinski definition) is 5. The number of amides is 2. The fourth-order valence-electron chi connectivity index (χ4n) is 5.45. The van der Waals surface area contributed by atoms with Crippen LogP contribution in [0.3, 0.4) is 0 Å². The molecule has 0 bridgehead atoms. The molecule has 1 N–H and O–H groups in total. The number of piperidine rings is 1. The lowest BCUT2D eigenvalue weighted by atomic mass is 9.99. The van der Waals surface area contributed by atoms with Crippen LogP contribution in [0.1, 0.15) is 43.7 Å². The number of nitrogens with zero attached hydrogens (tertiary/aromatic N) is 4. The highest BCUT2D eigenvalue weighted by atomic mass is 16.2. The van der Waals surface area contributed by atoms with Crippen molar-refractivity contribution >= 4 is 34.2 Å². The molecular formula is C31H39N5O2. The Labute approximate surface area is 225 Å². The van der Waals surface area contributed by atoms with Crippen molar-refractivity contribution in [3.63, 3.8) is 0 Å². The molecule has 0 radical (unpaired) electrons. The van der Waals surface area contributed by atoms with Crippen LogP contribution in [0.25, 0.3) is 10.9 Å². The zero-order valence-electron chi connectivity index (χ0n) is 22.7. The zero-order valence-corrected chi connectivity index (χ0v) is 22.7. The van der Waals surface area contributed by atoms with Crippen LogP contribution in [0, 0.1) is 12.8 Å². The van der Waals surface area contributed by atoms with E-state index in [1.807, 2.05) is 29.2 Å². The van der Waals surface area contributed by atoms with Gasteiger partial charge in [0.25, 0.3) is 0 Å². The maximum atomic E-state index is 12.7. The Kier molecular flexibility index (Phi) is 8.23. The van der Waals surface area contributed by atoms with Crippen molar-refractivity contribution in [2.24, 2.45) is 5.92 Å². The molecule has 0 atom stereocenters. The maximum Gasteiger partial charge on any atom is 0.224 e. The lowest BCUT2D eigenvalue weighted by Crippen LogP contribution is -2.48. The number of carbonyl (C=O) groups is 2. The van der Waals surface area contributed by atoms with E-state index in [2.05, 4.69) is 59.3 Å².